The number of hydrogen-bond acceptors (Lipinski definition) is 7. The lowest BCUT2D eigenvalue weighted by Gasteiger charge is -2.05. The van der Waals surface area contributed by atoms with Gasteiger partial charge in [-0.3, -0.25) is 4.79 Å². The largest absolute Gasteiger partial charge is 0.468 e. The number of ether oxygens (including phenoxy) is 1. The number of rotatable bonds is 5. The molecule has 1 aromatic heterocycles. The second kappa shape index (κ2) is 7.11. The number of halogens is 1. The molecule has 0 fully saturated rings. The number of nitrogens with zero attached hydrogens (tertiary/aromatic N) is 2. The van der Waals surface area contributed by atoms with Crippen molar-refractivity contribution in [2.45, 2.75) is 23.4 Å². The molecule has 5 nitrogen and oxygen atoms in total. The molecule has 0 saturated carbocycles. The summed E-state index contributed by atoms with van der Waals surface area (Å²) >= 11 is 8.77. The van der Waals surface area contributed by atoms with Crippen molar-refractivity contribution in [3.63, 3.8) is 0 Å². The van der Waals surface area contributed by atoms with Gasteiger partial charge in [0.05, 0.1) is 7.11 Å². The molecule has 0 amide bonds. The lowest BCUT2D eigenvalue weighted by molar-refractivity contribution is -0.139. The van der Waals surface area contributed by atoms with Crippen molar-refractivity contribution in [2.24, 2.45) is 0 Å². The Hall–Kier alpha value is -1.31. The summed E-state index contributed by atoms with van der Waals surface area (Å²) in [5.74, 6) is -0.282. The molecule has 1 N–H and O–H groups in total. The average molecular weight is 344 g/mol. The molecule has 21 heavy (non-hydrogen) atoms. The number of anilines is 2. The standard InChI is InChI=1S/C13H14ClN3O2S2/c1-7-4-5-9(6-10(7)14)15-12-16-17-13(21-12)20-8(2)11(18)19-3/h4-6,8H,1-3H3,(H,15,16). The van der Waals surface area contributed by atoms with Gasteiger partial charge in [-0.15, -0.1) is 10.2 Å². The molecule has 0 aliphatic carbocycles. The van der Waals surface area contributed by atoms with Crippen LogP contribution in [0.1, 0.15) is 12.5 Å². The minimum absolute atomic E-state index is 0.282. The highest BCUT2D eigenvalue weighted by molar-refractivity contribution is 8.02. The lowest BCUT2D eigenvalue weighted by Crippen LogP contribution is -2.14. The monoisotopic (exact) mass is 343 g/mol. The number of carbonyl (C=O) groups is 1. The molecule has 1 heterocycles. The molecule has 0 bridgehead atoms. The zero-order valence-electron chi connectivity index (χ0n) is 11.7. The molecule has 0 aliphatic rings. The van der Waals surface area contributed by atoms with E-state index >= 15 is 0 Å². The number of benzene rings is 1. The maximum atomic E-state index is 11.4. The highest BCUT2D eigenvalue weighted by Crippen LogP contribution is 2.31. The highest BCUT2D eigenvalue weighted by atomic mass is 35.5. The van der Waals surface area contributed by atoms with Crippen LogP contribution < -0.4 is 5.32 Å². The fourth-order valence-electron chi connectivity index (χ4n) is 1.47. The molecular formula is C13H14ClN3O2S2. The first kappa shape index (κ1) is 16.1. The van der Waals surface area contributed by atoms with E-state index in [9.17, 15) is 4.79 Å². The van der Waals surface area contributed by atoms with Crippen molar-refractivity contribution in [1.82, 2.24) is 10.2 Å². The number of methoxy groups -OCH3 is 1. The van der Waals surface area contributed by atoms with E-state index in [1.807, 2.05) is 25.1 Å². The molecule has 1 unspecified atom stereocenters. The van der Waals surface area contributed by atoms with Crippen LogP contribution in [0.4, 0.5) is 10.8 Å². The van der Waals surface area contributed by atoms with E-state index in [4.69, 9.17) is 11.6 Å². The number of nitrogens with one attached hydrogen (secondary N) is 1. The van der Waals surface area contributed by atoms with Gasteiger partial charge < -0.3 is 10.1 Å². The van der Waals surface area contributed by atoms with Crippen LogP contribution in [-0.4, -0.2) is 28.5 Å². The van der Waals surface area contributed by atoms with Gasteiger partial charge in [-0.05, 0) is 31.5 Å². The van der Waals surface area contributed by atoms with Crippen molar-refractivity contribution in [3.05, 3.63) is 28.8 Å². The van der Waals surface area contributed by atoms with Gasteiger partial charge in [0.15, 0.2) is 4.34 Å². The Morgan fingerprint density at radius 1 is 1.48 bits per heavy atom. The van der Waals surface area contributed by atoms with Crippen LogP contribution in [-0.2, 0) is 9.53 Å². The summed E-state index contributed by atoms with van der Waals surface area (Å²) in [7, 11) is 1.37. The Morgan fingerprint density at radius 2 is 2.24 bits per heavy atom. The van der Waals surface area contributed by atoms with Crippen molar-refractivity contribution in [1.29, 1.82) is 0 Å². The molecule has 2 rings (SSSR count). The number of esters is 1. The number of thioether (sulfide) groups is 1. The maximum Gasteiger partial charge on any atom is 0.318 e. The van der Waals surface area contributed by atoms with Crippen LogP contribution in [0.2, 0.25) is 5.02 Å². The lowest BCUT2D eigenvalue weighted by atomic mass is 10.2. The molecule has 1 atom stereocenters. The smallest absolute Gasteiger partial charge is 0.318 e. The molecule has 0 radical (unpaired) electrons. The topological polar surface area (TPSA) is 64.1 Å². The van der Waals surface area contributed by atoms with Gasteiger partial charge >= 0.3 is 5.97 Å². The van der Waals surface area contributed by atoms with Crippen molar-refractivity contribution in [3.8, 4) is 0 Å². The number of aryl methyl sites for hydroxylation is 1. The van der Waals surface area contributed by atoms with E-state index in [2.05, 4.69) is 20.3 Å². The van der Waals surface area contributed by atoms with Gasteiger partial charge in [0.1, 0.15) is 5.25 Å². The van der Waals surface area contributed by atoms with Gasteiger partial charge in [0.25, 0.3) is 0 Å². The molecule has 0 saturated heterocycles. The van der Waals surface area contributed by atoms with Crippen LogP contribution in [0.25, 0.3) is 0 Å². The van der Waals surface area contributed by atoms with Gasteiger partial charge in [-0.1, -0.05) is 40.8 Å². The minimum Gasteiger partial charge on any atom is -0.468 e. The third-order valence-electron chi connectivity index (χ3n) is 2.64. The molecule has 2 aromatic rings. The van der Waals surface area contributed by atoms with Gasteiger partial charge in [0, 0.05) is 10.7 Å². The molecular weight excluding hydrogens is 330 g/mol. The highest BCUT2D eigenvalue weighted by Gasteiger charge is 2.17. The summed E-state index contributed by atoms with van der Waals surface area (Å²) in [5.41, 5.74) is 1.86. The zero-order valence-corrected chi connectivity index (χ0v) is 14.1. The normalized spacial score (nSPS) is 12.0. The van der Waals surface area contributed by atoms with Gasteiger partial charge in [-0.2, -0.15) is 0 Å². The first-order chi connectivity index (χ1) is 9.99. The van der Waals surface area contributed by atoms with E-state index in [0.717, 1.165) is 11.3 Å². The third kappa shape index (κ3) is 4.33. The fraction of sp³-hybridized carbons (Fsp3) is 0.308. The third-order valence-corrected chi connectivity index (χ3v) is 5.05. The van der Waals surface area contributed by atoms with Gasteiger partial charge in [-0.25, -0.2) is 0 Å². The molecule has 1 aromatic carbocycles. The fourth-order valence-corrected chi connectivity index (χ4v) is 3.59. The zero-order chi connectivity index (χ0) is 15.4. The van der Waals surface area contributed by atoms with E-state index < -0.39 is 0 Å². The summed E-state index contributed by atoms with van der Waals surface area (Å²) in [6.45, 7) is 3.71. The molecule has 0 aliphatic heterocycles. The summed E-state index contributed by atoms with van der Waals surface area (Å²) in [4.78, 5) is 11.4. The number of aromatic nitrogens is 2. The van der Waals surface area contributed by atoms with Crippen molar-refractivity contribution < 1.29 is 9.53 Å². The summed E-state index contributed by atoms with van der Waals surface area (Å²) in [6, 6.07) is 5.69. The number of hydrogen-bond donors (Lipinski definition) is 1. The van der Waals surface area contributed by atoms with Crippen LogP contribution in [0.5, 0.6) is 0 Å². The minimum atomic E-state index is -0.315. The Morgan fingerprint density at radius 3 is 2.90 bits per heavy atom. The first-order valence-electron chi connectivity index (χ1n) is 6.10. The summed E-state index contributed by atoms with van der Waals surface area (Å²) in [5, 5.41) is 12.2. The number of carbonyl (C=O) groups excluding carboxylic acids is 1. The SMILES string of the molecule is COC(=O)C(C)Sc1nnc(Nc2ccc(C)c(Cl)c2)s1. The summed E-state index contributed by atoms with van der Waals surface area (Å²) < 4.78 is 5.38. The predicted octanol–water partition coefficient (Wildman–Crippen LogP) is 3.90. The maximum absolute atomic E-state index is 11.4. The van der Waals surface area contributed by atoms with Gasteiger partial charge in [0.2, 0.25) is 5.13 Å². The Balaban J connectivity index is 2.02. The van der Waals surface area contributed by atoms with Crippen LogP contribution >= 0.6 is 34.7 Å². The van der Waals surface area contributed by atoms with Crippen LogP contribution in [0.3, 0.4) is 0 Å². The first-order valence-corrected chi connectivity index (χ1v) is 8.18. The van der Waals surface area contributed by atoms with Crippen molar-refractivity contribution in [2.75, 3.05) is 12.4 Å². The van der Waals surface area contributed by atoms with E-state index in [1.165, 1.54) is 30.2 Å². The molecule has 0 spiro atoms. The average Bonchev–Trinajstić information content (AvgIpc) is 2.89. The molecule has 112 valence electrons. The van der Waals surface area contributed by atoms with Crippen molar-refractivity contribution >= 4 is 51.5 Å². The van der Waals surface area contributed by atoms with E-state index in [-0.39, 0.29) is 11.2 Å². The quantitative estimate of drug-likeness (QED) is 0.656. The second-order valence-corrected chi connectivity index (χ2v) is 7.22. The van der Waals surface area contributed by atoms with E-state index in [0.29, 0.717) is 14.5 Å². The Labute approximate surface area is 136 Å². The Bertz CT molecular complexity index is 648. The Kier molecular flexibility index (Phi) is 5.44. The molecule has 8 heteroatoms. The van der Waals surface area contributed by atoms with Crippen LogP contribution in [0.15, 0.2) is 22.5 Å². The second-order valence-electron chi connectivity index (χ2n) is 4.25. The van der Waals surface area contributed by atoms with Crippen LogP contribution in [0, 0.1) is 6.92 Å². The van der Waals surface area contributed by atoms with E-state index in [1.54, 1.807) is 6.92 Å². The summed E-state index contributed by atoms with van der Waals surface area (Å²) in [6.07, 6.45) is 0. The predicted molar refractivity (Wildman–Crippen MR) is 86.7 cm³/mol.